The van der Waals surface area contributed by atoms with Crippen molar-refractivity contribution in [2.45, 2.75) is 11.8 Å². The molecule has 3 nitrogen and oxygen atoms in total. The molecule has 2 rings (SSSR count). The summed E-state index contributed by atoms with van der Waals surface area (Å²) in [4.78, 5) is 12.4. The van der Waals surface area contributed by atoms with Crippen LogP contribution in [-0.4, -0.2) is 14.2 Å². The second-order valence-corrected chi connectivity index (χ2v) is 7.48. The van der Waals surface area contributed by atoms with Crippen LogP contribution in [-0.2, 0) is 9.84 Å². The number of ketones is 1. The normalized spacial score (nSPS) is 12.2. The third-order valence-electron chi connectivity index (χ3n) is 2.86. The predicted octanol–water partition coefficient (Wildman–Crippen LogP) is 3.93. The maximum absolute atomic E-state index is 12.3. The Bertz CT molecular complexity index is 776. The zero-order chi connectivity index (χ0) is 15.5. The van der Waals surface area contributed by atoms with Crippen molar-refractivity contribution in [2.24, 2.45) is 0 Å². The molecule has 0 amide bonds. The molecule has 2 aromatic carbocycles. The van der Waals surface area contributed by atoms with Crippen molar-refractivity contribution < 1.29 is 13.2 Å². The number of benzene rings is 2. The Labute approximate surface area is 137 Å². The zero-order valence-electron chi connectivity index (χ0n) is 11.3. The highest BCUT2D eigenvalue weighted by atomic mass is 127. The van der Waals surface area contributed by atoms with E-state index in [9.17, 15) is 13.2 Å². The van der Waals surface area contributed by atoms with Gasteiger partial charge in [0.2, 0.25) is 9.84 Å². The summed E-state index contributed by atoms with van der Waals surface area (Å²) in [5.41, 5.74) is 1.45. The first-order chi connectivity index (χ1) is 9.90. The van der Waals surface area contributed by atoms with E-state index in [1.165, 1.54) is 12.1 Å². The monoisotopic (exact) mass is 412 g/mol. The van der Waals surface area contributed by atoms with Gasteiger partial charge in [0, 0.05) is 5.56 Å². The van der Waals surface area contributed by atoms with Crippen molar-refractivity contribution in [3.05, 3.63) is 74.7 Å². The van der Waals surface area contributed by atoms with Crippen LogP contribution in [0.25, 0.3) is 0 Å². The molecular formula is C16H13IO3S. The molecule has 0 aliphatic rings. The second-order valence-electron chi connectivity index (χ2n) is 4.52. The minimum absolute atomic E-state index is 0.166. The number of allylic oxidation sites excluding steroid dienone is 1. The lowest BCUT2D eigenvalue weighted by Gasteiger charge is -2.02. The van der Waals surface area contributed by atoms with E-state index in [-0.39, 0.29) is 14.3 Å². The van der Waals surface area contributed by atoms with E-state index >= 15 is 0 Å². The molecular weight excluding hydrogens is 399 g/mol. The van der Waals surface area contributed by atoms with Crippen molar-refractivity contribution in [3.8, 4) is 0 Å². The first kappa shape index (κ1) is 15.9. The number of aryl methyl sites for hydroxylation is 1. The molecule has 0 aliphatic heterocycles. The smallest absolute Gasteiger partial charge is 0.200 e. The molecule has 0 heterocycles. The summed E-state index contributed by atoms with van der Waals surface area (Å²) in [6.07, 6.45) is 0. The number of sulfone groups is 1. The van der Waals surface area contributed by atoms with Crippen LogP contribution in [0.1, 0.15) is 15.9 Å². The lowest BCUT2D eigenvalue weighted by molar-refractivity contribution is 0.104. The van der Waals surface area contributed by atoms with Crippen LogP contribution >= 0.6 is 22.6 Å². The average molecular weight is 412 g/mol. The van der Waals surface area contributed by atoms with Crippen LogP contribution in [0, 0.1) is 6.92 Å². The molecule has 0 N–H and O–H groups in total. The van der Waals surface area contributed by atoms with Crippen LogP contribution in [0.5, 0.6) is 0 Å². The van der Waals surface area contributed by atoms with Gasteiger partial charge in [-0.1, -0.05) is 48.0 Å². The maximum atomic E-state index is 12.3. The molecule has 0 aromatic heterocycles. The molecule has 0 saturated heterocycles. The van der Waals surface area contributed by atoms with Crippen molar-refractivity contribution >= 4 is 38.2 Å². The Kier molecular flexibility index (Phi) is 4.95. The van der Waals surface area contributed by atoms with Crippen LogP contribution in [0.4, 0.5) is 0 Å². The summed E-state index contributed by atoms with van der Waals surface area (Å²) >= 11 is 1.76. The fourth-order valence-corrected chi connectivity index (χ4v) is 4.06. The molecule has 0 bridgehead atoms. The molecule has 0 aliphatic carbocycles. The molecule has 108 valence electrons. The van der Waals surface area contributed by atoms with E-state index in [2.05, 4.69) is 0 Å². The topological polar surface area (TPSA) is 51.2 Å². The number of Topliss-reactive ketones (excluding diaryl/α,β-unsaturated/α-hetero) is 1. The van der Waals surface area contributed by atoms with E-state index in [0.29, 0.717) is 5.56 Å². The number of hydrogen-bond donors (Lipinski definition) is 0. The highest BCUT2D eigenvalue weighted by Crippen LogP contribution is 2.20. The molecule has 0 fully saturated rings. The third kappa shape index (κ3) is 4.01. The fourth-order valence-electron chi connectivity index (χ4n) is 1.71. The molecule has 2 aromatic rings. The Morgan fingerprint density at radius 2 is 1.57 bits per heavy atom. The van der Waals surface area contributed by atoms with Gasteiger partial charge in [-0.2, -0.15) is 0 Å². The Morgan fingerprint density at radius 3 is 2.14 bits per heavy atom. The summed E-state index contributed by atoms with van der Waals surface area (Å²) in [5.74, 6) is -0.299. The molecule has 0 spiro atoms. The molecule has 0 unspecified atom stereocenters. The predicted molar refractivity (Wildman–Crippen MR) is 91.2 cm³/mol. The highest BCUT2D eigenvalue weighted by Gasteiger charge is 2.16. The number of carbonyl (C=O) groups excluding carboxylic acids is 1. The average Bonchev–Trinajstić information content (AvgIpc) is 2.47. The molecule has 0 atom stereocenters. The van der Waals surface area contributed by atoms with E-state index < -0.39 is 9.84 Å². The van der Waals surface area contributed by atoms with Gasteiger partial charge in [-0.05, 0) is 41.6 Å². The fraction of sp³-hybridized carbons (Fsp3) is 0.0625. The van der Waals surface area contributed by atoms with Crippen LogP contribution in [0.3, 0.4) is 0 Å². The summed E-state index contributed by atoms with van der Waals surface area (Å²) in [5, 5.41) is 1.02. The van der Waals surface area contributed by atoms with Gasteiger partial charge >= 0.3 is 0 Å². The van der Waals surface area contributed by atoms with Gasteiger partial charge in [-0.25, -0.2) is 8.42 Å². The quantitative estimate of drug-likeness (QED) is 0.435. The van der Waals surface area contributed by atoms with Gasteiger partial charge in [0.25, 0.3) is 0 Å². The van der Waals surface area contributed by atoms with Crippen molar-refractivity contribution in [1.82, 2.24) is 0 Å². The lowest BCUT2D eigenvalue weighted by atomic mass is 10.1. The Morgan fingerprint density at radius 1 is 1.00 bits per heavy atom. The maximum Gasteiger partial charge on any atom is 0.200 e. The largest absolute Gasteiger partial charge is 0.288 e. The van der Waals surface area contributed by atoms with E-state index in [0.717, 1.165) is 11.0 Å². The number of rotatable bonds is 4. The zero-order valence-corrected chi connectivity index (χ0v) is 14.3. The first-order valence-corrected chi connectivity index (χ1v) is 8.81. The number of carbonyl (C=O) groups is 1. The standard InChI is InChI=1S/C16H13IO3S/c1-12-7-9-14(10-8-12)21(19,20)11-15(17)16(18)13-5-3-2-4-6-13/h2-11H,1H3/b15-11-. The molecule has 0 saturated carbocycles. The van der Waals surface area contributed by atoms with Crippen molar-refractivity contribution in [2.75, 3.05) is 0 Å². The van der Waals surface area contributed by atoms with E-state index in [1.54, 1.807) is 65.1 Å². The third-order valence-corrected chi connectivity index (χ3v) is 5.56. The van der Waals surface area contributed by atoms with Gasteiger partial charge in [0.15, 0.2) is 5.78 Å². The Balaban J connectivity index is 2.33. The van der Waals surface area contributed by atoms with Gasteiger partial charge < -0.3 is 0 Å². The SMILES string of the molecule is Cc1ccc(S(=O)(=O)/C=C(\I)C(=O)c2ccccc2)cc1. The summed E-state index contributed by atoms with van der Waals surface area (Å²) in [7, 11) is -3.62. The summed E-state index contributed by atoms with van der Waals surface area (Å²) < 4.78 is 24.7. The van der Waals surface area contributed by atoms with Gasteiger partial charge in [0.1, 0.15) is 0 Å². The molecule has 5 heteroatoms. The molecule has 21 heavy (non-hydrogen) atoms. The van der Waals surface area contributed by atoms with E-state index in [4.69, 9.17) is 0 Å². The van der Waals surface area contributed by atoms with Crippen LogP contribution in [0.2, 0.25) is 0 Å². The van der Waals surface area contributed by atoms with E-state index in [1.807, 2.05) is 6.92 Å². The summed E-state index contributed by atoms with van der Waals surface area (Å²) in [6, 6.07) is 15.1. The van der Waals surface area contributed by atoms with Crippen molar-refractivity contribution in [3.63, 3.8) is 0 Å². The molecule has 0 radical (unpaired) electrons. The second kappa shape index (κ2) is 6.53. The van der Waals surface area contributed by atoms with Crippen LogP contribution in [0.15, 0.2) is 68.5 Å². The van der Waals surface area contributed by atoms with Gasteiger partial charge in [-0.3, -0.25) is 4.79 Å². The van der Waals surface area contributed by atoms with Gasteiger partial charge in [-0.15, -0.1) is 0 Å². The summed E-state index contributed by atoms with van der Waals surface area (Å²) in [6.45, 7) is 1.88. The minimum Gasteiger partial charge on any atom is -0.288 e. The first-order valence-electron chi connectivity index (χ1n) is 6.19. The number of hydrogen-bond acceptors (Lipinski definition) is 3. The Hall–Kier alpha value is -1.47. The minimum atomic E-state index is -3.62. The van der Waals surface area contributed by atoms with Gasteiger partial charge in [0.05, 0.1) is 13.9 Å². The lowest BCUT2D eigenvalue weighted by Crippen LogP contribution is -2.03. The highest BCUT2D eigenvalue weighted by molar-refractivity contribution is 14.1. The number of halogens is 1. The van der Waals surface area contributed by atoms with Crippen molar-refractivity contribution in [1.29, 1.82) is 0 Å². The van der Waals surface area contributed by atoms with Crippen LogP contribution < -0.4 is 0 Å².